The number of allylic oxidation sites excluding steroid dienone is 1. The Morgan fingerprint density at radius 1 is 1.11 bits per heavy atom. The number of aryl methyl sites for hydroxylation is 1. The van der Waals surface area contributed by atoms with Crippen molar-refractivity contribution in [1.29, 1.82) is 0 Å². The Hall–Kier alpha value is -4.25. The quantitative estimate of drug-likeness (QED) is 0.285. The fourth-order valence-corrected chi connectivity index (χ4v) is 4.33. The van der Waals surface area contributed by atoms with Gasteiger partial charge < -0.3 is 19.9 Å². The molecule has 0 spiro atoms. The third kappa shape index (κ3) is 5.31. The lowest BCUT2D eigenvalue weighted by atomic mass is 10.2. The minimum atomic E-state index is -0.689. The van der Waals surface area contributed by atoms with Gasteiger partial charge in [0.05, 0.1) is 11.2 Å². The molecule has 1 aromatic carbocycles. The number of hydrogen-bond acceptors (Lipinski definition) is 7. The average Bonchev–Trinajstić information content (AvgIpc) is 3.49. The summed E-state index contributed by atoms with van der Waals surface area (Å²) in [6, 6.07) is 6.04. The summed E-state index contributed by atoms with van der Waals surface area (Å²) in [5.74, 6) is -0.0501. The Morgan fingerprint density at radius 3 is 2.68 bits per heavy atom. The number of piperazine rings is 1. The molecule has 11 heteroatoms. The van der Waals surface area contributed by atoms with Crippen molar-refractivity contribution in [3.05, 3.63) is 66.0 Å². The highest BCUT2D eigenvalue weighted by Gasteiger charge is 2.21. The molecule has 1 saturated heterocycles. The molecule has 3 aromatic heterocycles. The molecule has 0 bridgehead atoms. The topological polar surface area (TPSA) is 98.0 Å². The van der Waals surface area contributed by atoms with Gasteiger partial charge in [0.1, 0.15) is 11.6 Å². The van der Waals surface area contributed by atoms with E-state index in [-0.39, 0.29) is 22.7 Å². The van der Waals surface area contributed by atoms with Crippen molar-refractivity contribution in [2.45, 2.75) is 13.8 Å². The second-order valence-electron chi connectivity index (χ2n) is 8.82. The van der Waals surface area contributed by atoms with Crippen LogP contribution in [0.5, 0.6) is 11.8 Å². The van der Waals surface area contributed by atoms with Gasteiger partial charge in [0, 0.05) is 62.0 Å². The van der Waals surface area contributed by atoms with Crippen LogP contribution in [0, 0.1) is 18.6 Å². The Kier molecular flexibility index (Phi) is 6.87. The summed E-state index contributed by atoms with van der Waals surface area (Å²) in [4.78, 5) is 16.2. The maximum Gasteiger partial charge on any atom is 0.326 e. The Morgan fingerprint density at radius 2 is 1.92 bits per heavy atom. The van der Waals surface area contributed by atoms with Gasteiger partial charge in [0.15, 0.2) is 23.2 Å². The van der Waals surface area contributed by atoms with E-state index in [4.69, 9.17) is 4.74 Å². The number of rotatable bonds is 8. The molecule has 0 amide bonds. The lowest BCUT2D eigenvalue weighted by Gasteiger charge is -2.34. The van der Waals surface area contributed by atoms with Gasteiger partial charge in [-0.25, -0.2) is 8.78 Å². The summed E-state index contributed by atoms with van der Waals surface area (Å²) in [7, 11) is 0. The van der Waals surface area contributed by atoms with Gasteiger partial charge >= 0.3 is 6.01 Å². The minimum Gasteiger partial charge on any atom is -0.421 e. The molecule has 0 radical (unpaired) electrons. The van der Waals surface area contributed by atoms with Gasteiger partial charge in [-0.3, -0.25) is 10.00 Å². The molecule has 3 N–H and O–H groups in total. The molecule has 4 heterocycles. The highest BCUT2D eigenvalue weighted by Crippen LogP contribution is 2.33. The molecule has 4 aromatic rings. The monoisotopic (exact) mass is 506 g/mol. The van der Waals surface area contributed by atoms with E-state index < -0.39 is 11.6 Å². The van der Waals surface area contributed by atoms with Crippen molar-refractivity contribution in [2.24, 2.45) is 0 Å². The maximum absolute atomic E-state index is 15.2. The number of halogens is 2. The first kappa shape index (κ1) is 24.4. The van der Waals surface area contributed by atoms with Crippen LogP contribution in [0.4, 0.5) is 26.2 Å². The standard InChI is InChI=1S/C26H28F2N8O/c1-4-6-17-13-22(34-33-17)30-21-15-23(36-10-8-35(7-5-2)9-11-36)32-26(31-21)37-20-14-19(27)25-18(24(20)28)12-16(3)29-25/h4-6,12-15,29H,2,7-11H2,1,3H3,(H2,30,31,32,33,34)/b6-4+. The van der Waals surface area contributed by atoms with Crippen LogP contribution >= 0.6 is 0 Å². The summed E-state index contributed by atoms with van der Waals surface area (Å²) in [6.07, 6.45) is 5.67. The zero-order valence-electron chi connectivity index (χ0n) is 20.7. The molecule has 0 unspecified atom stereocenters. The molecule has 0 atom stereocenters. The first-order valence-electron chi connectivity index (χ1n) is 12.0. The number of fused-ring (bicyclic) bond motifs is 1. The smallest absolute Gasteiger partial charge is 0.326 e. The normalized spacial score (nSPS) is 14.5. The van der Waals surface area contributed by atoms with E-state index >= 15 is 4.39 Å². The van der Waals surface area contributed by atoms with E-state index in [1.807, 2.05) is 31.2 Å². The number of nitrogens with zero attached hydrogens (tertiary/aromatic N) is 5. The highest BCUT2D eigenvalue weighted by molar-refractivity contribution is 5.83. The van der Waals surface area contributed by atoms with Crippen molar-refractivity contribution < 1.29 is 13.5 Å². The Labute approximate surface area is 212 Å². The van der Waals surface area contributed by atoms with E-state index in [9.17, 15) is 4.39 Å². The first-order chi connectivity index (χ1) is 17.9. The molecule has 0 aliphatic carbocycles. The zero-order chi connectivity index (χ0) is 25.9. The molecule has 192 valence electrons. The molecule has 0 saturated carbocycles. The number of H-pyrrole nitrogens is 2. The number of anilines is 3. The molecule has 37 heavy (non-hydrogen) atoms. The fraction of sp³-hybridized carbons (Fsp3) is 0.269. The van der Waals surface area contributed by atoms with E-state index in [0.717, 1.165) is 44.5 Å². The molecule has 9 nitrogen and oxygen atoms in total. The molecule has 1 fully saturated rings. The van der Waals surface area contributed by atoms with Crippen molar-refractivity contribution in [1.82, 2.24) is 30.0 Å². The first-order valence-corrected chi connectivity index (χ1v) is 12.0. The van der Waals surface area contributed by atoms with Crippen molar-refractivity contribution >= 4 is 34.4 Å². The summed E-state index contributed by atoms with van der Waals surface area (Å²) in [5.41, 5.74) is 1.55. The highest BCUT2D eigenvalue weighted by atomic mass is 19.1. The predicted octanol–water partition coefficient (Wildman–Crippen LogP) is 5.14. The van der Waals surface area contributed by atoms with Gasteiger partial charge in [0.25, 0.3) is 0 Å². The van der Waals surface area contributed by atoms with Crippen LogP contribution in [0.25, 0.3) is 17.0 Å². The third-order valence-corrected chi connectivity index (χ3v) is 6.08. The second kappa shape index (κ2) is 10.4. The summed E-state index contributed by atoms with van der Waals surface area (Å²) < 4.78 is 35.6. The van der Waals surface area contributed by atoms with Gasteiger partial charge in [0.2, 0.25) is 0 Å². The number of ether oxygens (including phenoxy) is 1. The molecule has 1 aliphatic heterocycles. The maximum atomic E-state index is 15.2. The summed E-state index contributed by atoms with van der Waals surface area (Å²) in [5, 5.41) is 10.4. The Bertz CT molecular complexity index is 1450. The number of nitrogens with one attached hydrogen (secondary N) is 3. The fourth-order valence-electron chi connectivity index (χ4n) is 4.33. The van der Waals surface area contributed by atoms with Crippen molar-refractivity contribution in [3.8, 4) is 11.8 Å². The lowest BCUT2D eigenvalue weighted by molar-refractivity contribution is 0.283. The summed E-state index contributed by atoms with van der Waals surface area (Å²) >= 11 is 0. The van der Waals surface area contributed by atoms with E-state index in [0.29, 0.717) is 23.1 Å². The zero-order valence-corrected chi connectivity index (χ0v) is 20.7. The van der Waals surface area contributed by atoms with Crippen LogP contribution < -0.4 is 15.0 Å². The van der Waals surface area contributed by atoms with Crippen LogP contribution in [-0.2, 0) is 0 Å². The van der Waals surface area contributed by atoms with Crippen molar-refractivity contribution in [2.75, 3.05) is 42.9 Å². The number of hydrogen-bond donors (Lipinski definition) is 3. The Balaban J connectivity index is 1.47. The largest absolute Gasteiger partial charge is 0.421 e. The van der Waals surface area contributed by atoms with E-state index in [1.165, 1.54) is 6.07 Å². The molecular weight excluding hydrogens is 478 g/mol. The van der Waals surface area contributed by atoms with Crippen LogP contribution in [-0.4, -0.2) is 62.8 Å². The molecule has 5 rings (SSSR count). The second-order valence-corrected chi connectivity index (χ2v) is 8.82. The predicted molar refractivity (Wildman–Crippen MR) is 140 cm³/mol. The van der Waals surface area contributed by atoms with Gasteiger partial charge in [-0.15, -0.1) is 6.58 Å². The van der Waals surface area contributed by atoms with Gasteiger partial charge in [-0.2, -0.15) is 15.1 Å². The van der Waals surface area contributed by atoms with Crippen molar-refractivity contribution in [3.63, 3.8) is 0 Å². The van der Waals surface area contributed by atoms with Gasteiger partial charge in [-0.1, -0.05) is 12.2 Å². The number of aromatic nitrogens is 5. The van der Waals surface area contributed by atoms with E-state index in [2.05, 4.69) is 46.8 Å². The average molecular weight is 507 g/mol. The molecular formula is C26H28F2N8O. The molecule has 1 aliphatic rings. The summed E-state index contributed by atoms with van der Waals surface area (Å²) in [6.45, 7) is 11.4. The van der Waals surface area contributed by atoms with Crippen LogP contribution in [0.15, 0.2) is 43.0 Å². The van der Waals surface area contributed by atoms with Crippen LogP contribution in [0.1, 0.15) is 18.3 Å². The van der Waals surface area contributed by atoms with Crippen LogP contribution in [0.3, 0.4) is 0 Å². The number of benzene rings is 1. The SMILES string of the molecule is C=CCN1CCN(c2cc(Nc3cc(/C=C/C)[nH]n3)nc(Oc3cc(F)c4[nH]c(C)cc4c3F)n2)CC1. The lowest BCUT2D eigenvalue weighted by Crippen LogP contribution is -2.46. The van der Waals surface area contributed by atoms with Gasteiger partial charge in [-0.05, 0) is 26.0 Å². The minimum absolute atomic E-state index is 0.0900. The third-order valence-electron chi connectivity index (χ3n) is 6.08. The number of aromatic amines is 2. The van der Waals surface area contributed by atoms with Crippen LogP contribution in [0.2, 0.25) is 0 Å². The van der Waals surface area contributed by atoms with E-state index in [1.54, 1.807) is 13.0 Å².